The van der Waals surface area contributed by atoms with E-state index in [2.05, 4.69) is 74.0 Å². The van der Waals surface area contributed by atoms with E-state index in [1.54, 1.807) is 11.1 Å². The van der Waals surface area contributed by atoms with E-state index >= 15 is 0 Å². The molecule has 0 radical (unpaired) electrons. The average Bonchev–Trinajstić information content (AvgIpc) is 3.11. The summed E-state index contributed by atoms with van der Waals surface area (Å²) >= 11 is -0.862. The number of allylic oxidation sites excluding steroid dienone is 2. The van der Waals surface area contributed by atoms with Crippen molar-refractivity contribution in [3.8, 4) is 0 Å². The third-order valence-electron chi connectivity index (χ3n) is 5.34. The monoisotopic (exact) mass is 570 g/mol. The minimum absolute atomic E-state index is 0. The van der Waals surface area contributed by atoms with Crippen LogP contribution in [0.15, 0.2) is 59.2 Å². The third kappa shape index (κ3) is 3.09. The SMILES string of the molecule is CP1C2=Cc3ccccc3[CH]2[Hf+2][CH]2C(=Cc3ccccc32)P1C.[Cl-].[Cl-]. The van der Waals surface area contributed by atoms with Gasteiger partial charge in [-0.25, -0.2) is 0 Å². The molecular formula is C20H18Cl2HfP2. The molecule has 126 valence electrons. The van der Waals surface area contributed by atoms with Gasteiger partial charge in [0.2, 0.25) is 0 Å². The van der Waals surface area contributed by atoms with Gasteiger partial charge in [-0.05, 0) is 0 Å². The summed E-state index contributed by atoms with van der Waals surface area (Å²) in [5.74, 6) is 0. The Morgan fingerprint density at radius 3 is 1.52 bits per heavy atom. The average molecular weight is 570 g/mol. The molecule has 1 aliphatic heterocycles. The summed E-state index contributed by atoms with van der Waals surface area (Å²) in [4.78, 5) is 0. The van der Waals surface area contributed by atoms with Crippen LogP contribution in [0, 0.1) is 0 Å². The summed E-state index contributed by atoms with van der Waals surface area (Å²) in [6.07, 6.45) is 5.15. The van der Waals surface area contributed by atoms with Gasteiger partial charge in [0, 0.05) is 0 Å². The first kappa shape index (κ1) is 20.0. The fourth-order valence-electron chi connectivity index (χ4n) is 4.04. The molecule has 25 heavy (non-hydrogen) atoms. The summed E-state index contributed by atoms with van der Waals surface area (Å²) in [6, 6.07) is 18.4. The maximum Gasteiger partial charge on any atom is -1.00 e. The first-order valence-electron chi connectivity index (χ1n) is 8.08. The zero-order valence-electron chi connectivity index (χ0n) is 14.1. The minimum Gasteiger partial charge on any atom is -1.00 e. The Bertz CT molecular complexity index is 806. The molecule has 0 N–H and O–H groups in total. The van der Waals surface area contributed by atoms with E-state index in [4.69, 9.17) is 0 Å². The van der Waals surface area contributed by atoms with Crippen LogP contribution in [-0.4, -0.2) is 13.3 Å². The van der Waals surface area contributed by atoms with Crippen LogP contribution in [0.1, 0.15) is 29.6 Å². The standard InChI is InChI=1S/C20H18P2.2ClH.Hf/c1-21(19-11-15-7-3-4-8-16(15)12-19)22(2)20-13-17-9-5-6-10-18(17)14-20;;;/h3-14H,1-2H3;2*1H;/q;;;+2/p-2. The van der Waals surface area contributed by atoms with E-state index in [0.717, 1.165) is 7.35 Å². The molecular weight excluding hydrogens is 552 g/mol. The molecule has 0 aromatic heterocycles. The van der Waals surface area contributed by atoms with Crippen molar-refractivity contribution in [2.75, 3.05) is 13.3 Å². The fourth-order valence-corrected chi connectivity index (χ4v) is 23.5. The van der Waals surface area contributed by atoms with Crippen molar-refractivity contribution in [3.05, 3.63) is 81.4 Å². The van der Waals surface area contributed by atoms with Crippen LogP contribution in [-0.2, 0) is 22.9 Å². The molecule has 2 aromatic carbocycles. The topological polar surface area (TPSA) is 0 Å². The number of fused-ring (bicyclic) bond motifs is 6. The second-order valence-corrected chi connectivity index (χ2v) is 18.5. The van der Waals surface area contributed by atoms with Gasteiger partial charge in [0.1, 0.15) is 0 Å². The predicted octanol–water partition coefficient (Wildman–Crippen LogP) is 0.421. The van der Waals surface area contributed by atoms with Gasteiger partial charge in [-0.15, -0.1) is 0 Å². The van der Waals surface area contributed by atoms with Gasteiger partial charge in [0.25, 0.3) is 0 Å². The molecule has 0 nitrogen and oxygen atoms in total. The zero-order valence-corrected chi connectivity index (χ0v) is 21.0. The number of hydrogen-bond donors (Lipinski definition) is 0. The molecule has 1 heterocycles. The summed E-state index contributed by atoms with van der Waals surface area (Å²) in [6.45, 7) is 5.11. The van der Waals surface area contributed by atoms with Crippen molar-refractivity contribution >= 4 is 27.4 Å². The van der Waals surface area contributed by atoms with Crippen LogP contribution >= 0.6 is 15.2 Å². The van der Waals surface area contributed by atoms with Crippen molar-refractivity contribution in [2.45, 2.75) is 7.35 Å². The van der Waals surface area contributed by atoms with Gasteiger partial charge in [-0.1, -0.05) is 0 Å². The van der Waals surface area contributed by atoms with E-state index in [1.165, 1.54) is 11.1 Å². The molecule has 5 rings (SSSR count). The summed E-state index contributed by atoms with van der Waals surface area (Å²) in [5, 5.41) is 3.68. The van der Waals surface area contributed by atoms with Crippen molar-refractivity contribution < 1.29 is 47.7 Å². The van der Waals surface area contributed by atoms with Crippen LogP contribution in [0.5, 0.6) is 0 Å². The Hall–Kier alpha value is 0.230. The van der Waals surface area contributed by atoms with Crippen molar-refractivity contribution in [1.82, 2.24) is 0 Å². The molecule has 0 saturated carbocycles. The van der Waals surface area contributed by atoms with Gasteiger partial charge in [0.05, 0.1) is 0 Å². The Labute approximate surface area is 176 Å². The van der Waals surface area contributed by atoms with E-state index in [0.29, 0.717) is 0 Å². The number of benzene rings is 2. The van der Waals surface area contributed by atoms with Crippen molar-refractivity contribution in [3.63, 3.8) is 0 Å². The fraction of sp³-hybridized carbons (Fsp3) is 0.200. The maximum absolute atomic E-state index is 2.57. The summed E-state index contributed by atoms with van der Waals surface area (Å²) in [7, 11) is 0.0114. The largest absolute Gasteiger partial charge is 1.00 e. The van der Waals surface area contributed by atoms with Gasteiger partial charge in [0.15, 0.2) is 0 Å². The summed E-state index contributed by atoms with van der Waals surface area (Å²) in [5.41, 5.74) is 6.37. The number of hydrogen-bond acceptors (Lipinski definition) is 0. The molecule has 1 fully saturated rings. The summed E-state index contributed by atoms with van der Waals surface area (Å²) < 4.78 is 1.68. The number of rotatable bonds is 0. The van der Waals surface area contributed by atoms with Gasteiger partial charge >= 0.3 is 152 Å². The normalized spacial score (nSPS) is 27.4. The molecule has 1 saturated heterocycles. The molecule has 0 bridgehead atoms. The van der Waals surface area contributed by atoms with Crippen LogP contribution < -0.4 is 24.8 Å². The molecule has 2 aromatic rings. The van der Waals surface area contributed by atoms with Gasteiger partial charge in [-0.3, -0.25) is 0 Å². The number of halogens is 2. The Morgan fingerprint density at radius 1 is 0.680 bits per heavy atom. The molecule has 4 unspecified atom stereocenters. The Morgan fingerprint density at radius 2 is 1.08 bits per heavy atom. The molecule has 5 heteroatoms. The first-order chi connectivity index (χ1) is 11.2. The molecule has 3 aliphatic rings. The van der Waals surface area contributed by atoms with Crippen LogP contribution in [0.2, 0.25) is 0 Å². The van der Waals surface area contributed by atoms with E-state index in [-0.39, 0.29) is 40.0 Å². The third-order valence-corrected chi connectivity index (χ3v) is 21.2. The van der Waals surface area contributed by atoms with E-state index < -0.39 is 22.9 Å². The van der Waals surface area contributed by atoms with E-state index in [1.807, 2.05) is 10.6 Å². The quantitative estimate of drug-likeness (QED) is 0.319. The van der Waals surface area contributed by atoms with Gasteiger partial charge < -0.3 is 24.8 Å². The predicted molar refractivity (Wildman–Crippen MR) is 100 cm³/mol. The Balaban J connectivity index is 0.000000911. The van der Waals surface area contributed by atoms with Crippen LogP contribution in [0.25, 0.3) is 12.2 Å². The smallest absolute Gasteiger partial charge is 1.00 e. The molecule has 2 aliphatic carbocycles. The van der Waals surface area contributed by atoms with Crippen molar-refractivity contribution in [2.24, 2.45) is 0 Å². The molecule has 0 spiro atoms. The zero-order chi connectivity index (χ0) is 15.6. The Kier molecular flexibility index (Phi) is 6.15. The van der Waals surface area contributed by atoms with Gasteiger partial charge in [-0.2, -0.15) is 0 Å². The van der Waals surface area contributed by atoms with E-state index in [9.17, 15) is 0 Å². The van der Waals surface area contributed by atoms with Crippen molar-refractivity contribution in [1.29, 1.82) is 0 Å². The molecule has 4 atom stereocenters. The van der Waals surface area contributed by atoms with Crippen LogP contribution in [0.4, 0.5) is 0 Å². The second kappa shape index (κ2) is 7.69. The molecule has 0 amide bonds. The van der Waals surface area contributed by atoms with Crippen LogP contribution in [0.3, 0.4) is 0 Å². The second-order valence-electron chi connectivity index (χ2n) is 6.48. The first-order valence-corrected chi connectivity index (χ1v) is 16.5. The minimum atomic E-state index is -0.862. The maximum atomic E-state index is 2.57.